The highest BCUT2D eigenvalue weighted by Gasteiger charge is 2.20. The highest BCUT2D eigenvalue weighted by molar-refractivity contribution is 6.31. The Labute approximate surface area is 164 Å². The zero-order chi connectivity index (χ0) is 18.1. The molecule has 26 heavy (non-hydrogen) atoms. The molecule has 2 heterocycles. The normalized spacial score (nSPS) is 22.3. The van der Waals surface area contributed by atoms with E-state index in [4.69, 9.17) is 23.2 Å². The zero-order valence-corrected chi connectivity index (χ0v) is 16.4. The van der Waals surface area contributed by atoms with Gasteiger partial charge in [-0.1, -0.05) is 6.08 Å². The van der Waals surface area contributed by atoms with Crippen molar-refractivity contribution in [1.82, 2.24) is 15.2 Å². The number of nitrogens with one attached hydrogen (secondary N) is 3. The van der Waals surface area contributed by atoms with Crippen LogP contribution in [0.3, 0.4) is 0 Å². The lowest BCUT2D eigenvalue weighted by molar-refractivity contribution is 0.573. The molecule has 0 bridgehead atoms. The molecule has 6 heteroatoms. The number of hydrogen-bond acceptors (Lipinski definition) is 3. The van der Waals surface area contributed by atoms with Crippen LogP contribution in [0.5, 0.6) is 0 Å². The number of nitrogens with zero attached hydrogens (tertiary/aromatic N) is 1. The summed E-state index contributed by atoms with van der Waals surface area (Å²) in [4.78, 5) is 0. The highest BCUT2D eigenvalue weighted by atomic mass is 35.5. The largest absolute Gasteiger partial charge is 0.356 e. The van der Waals surface area contributed by atoms with Gasteiger partial charge in [-0.2, -0.15) is 0 Å². The van der Waals surface area contributed by atoms with Gasteiger partial charge < -0.3 is 20.5 Å². The molecule has 2 aliphatic rings. The minimum atomic E-state index is -0.186. The van der Waals surface area contributed by atoms with Crippen molar-refractivity contribution in [2.24, 2.45) is 0 Å². The van der Waals surface area contributed by atoms with Crippen molar-refractivity contribution in [3.63, 3.8) is 0 Å². The number of halogens is 2. The summed E-state index contributed by atoms with van der Waals surface area (Å²) in [6.45, 7) is 3.92. The summed E-state index contributed by atoms with van der Waals surface area (Å²) in [5, 5.41) is 11.3. The van der Waals surface area contributed by atoms with Crippen LogP contribution >= 0.6 is 23.2 Å². The number of rotatable bonds is 5. The van der Waals surface area contributed by atoms with Crippen LogP contribution < -0.4 is 16.0 Å². The fourth-order valence-corrected chi connectivity index (χ4v) is 4.17. The lowest BCUT2D eigenvalue weighted by Gasteiger charge is -2.17. The van der Waals surface area contributed by atoms with Crippen molar-refractivity contribution >= 4 is 39.8 Å². The first-order valence-electron chi connectivity index (χ1n) is 9.12. The van der Waals surface area contributed by atoms with E-state index in [2.05, 4.69) is 38.7 Å². The van der Waals surface area contributed by atoms with E-state index in [0.717, 1.165) is 44.0 Å². The Morgan fingerprint density at radius 2 is 2.15 bits per heavy atom. The number of anilines is 1. The molecule has 0 amide bonds. The van der Waals surface area contributed by atoms with E-state index in [0.29, 0.717) is 0 Å². The Morgan fingerprint density at radius 3 is 2.96 bits per heavy atom. The fourth-order valence-electron chi connectivity index (χ4n) is 3.81. The summed E-state index contributed by atoms with van der Waals surface area (Å²) in [5.41, 5.74) is 6.27. The smallest absolute Gasteiger partial charge is 0.0738 e. The molecule has 4 rings (SSSR count). The maximum absolute atomic E-state index is 6.25. The van der Waals surface area contributed by atoms with E-state index in [1.807, 2.05) is 25.3 Å². The van der Waals surface area contributed by atoms with Crippen molar-refractivity contribution in [3.8, 4) is 0 Å². The van der Waals surface area contributed by atoms with E-state index in [-0.39, 0.29) is 10.8 Å². The molecule has 2 aromatic rings. The molecular formula is C20H24Cl2N4. The lowest BCUT2D eigenvalue weighted by atomic mass is 10.0. The topological polar surface area (TPSA) is 41.0 Å². The van der Waals surface area contributed by atoms with E-state index in [9.17, 15) is 0 Å². The quantitative estimate of drug-likeness (QED) is 0.683. The second kappa shape index (κ2) is 7.65. The van der Waals surface area contributed by atoms with Gasteiger partial charge in [0.25, 0.3) is 0 Å². The van der Waals surface area contributed by atoms with Gasteiger partial charge in [0.15, 0.2) is 0 Å². The molecule has 0 radical (unpaired) electrons. The van der Waals surface area contributed by atoms with E-state index < -0.39 is 0 Å². The molecule has 0 saturated carbocycles. The molecule has 2 unspecified atom stereocenters. The molecule has 1 aromatic carbocycles. The minimum absolute atomic E-state index is 0.148. The molecule has 4 nitrogen and oxygen atoms in total. The standard InChI is InChI=1S/C20H24Cl2N4/c1-23-8-9-26-19-5-3-13(25-14-2-4-17(21)18(22)11-14)10-16(19)15-6-7-24-12-20(15)26/h2-5,10-11,17-18,23-25H,6-9,12H2,1H3. The van der Waals surface area contributed by atoms with Crippen LogP contribution in [0, 0.1) is 0 Å². The van der Waals surface area contributed by atoms with Gasteiger partial charge >= 0.3 is 0 Å². The summed E-state index contributed by atoms with van der Waals surface area (Å²) in [6, 6.07) is 6.63. The van der Waals surface area contributed by atoms with Crippen LogP contribution in [0.4, 0.5) is 5.69 Å². The zero-order valence-electron chi connectivity index (χ0n) is 14.9. The van der Waals surface area contributed by atoms with Crippen LogP contribution in [-0.2, 0) is 19.5 Å². The molecule has 1 aromatic heterocycles. The molecule has 3 N–H and O–H groups in total. The molecule has 0 fully saturated rings. The summed E-state index contributed by atoms with van der Waals surface area (Å²) in [6.07, 6.45) is 6.98. The van der Waals surface area contributed by atoms with E-state index in [1.54, 1.807) is 0 Å². The average Bonchev–Trinajstić information content (AvgIpc) is 2.96. The van der Waals surface area contributed by atoms with Crippen molar-refractivity contribution < 1.29 is 0 Å². The number of allylic oxidation sites excluding steroid dienone is 3. The van der Waals surface area contributed by atoms with Gasteiger partial charge in [0.1, 0.15) is 0 Å². The molecule has 0 saturated heterocycles. The second-order valence-electron chi connectivity index (χ2n) is 6.83. The van der Waals surface area contributed by atoms with Crippen molar-refractivity contribution in [2.45, 2.75) is 30.3 Å². The minimum Gasteiger partial charge on any atom is -0.356 e. The Kier molecular flexibility index (Phi) is 5.28. The number of fused-ring (bicyclic) bond motifs is 3. The number of aromatic nitrogens is 1. The predicted octanol–water partition coefficient (Wildman–Crippen LogP) is 3.59. The molecule has 2 atom stereocenters. The number of likely N-dealkylation sites (N-methyl/N-ethyl adjacent to an activating group) is 1. The Bertz CT molecular complexity index is 868. The summed E-state index contributed by atoms with van der Waals surface area (Å²) >= 11 is 12.4. The van der Waals surface area contributed by atoms with Gasteiger partial charge in [-0.05, 0) is 55.9 Å². The van der Waals surface area contributed by atoms with E-state index >= 15 is 0 Å². The van der Waals surface area contributed by atoms with Crippen LogP contribution in [0.25, 0.3) is 10.9 Å². The maximum Gasteiger partial charge on any atom is 0.0738 e. The first-order valence-corrected chi connectivity index (χ1v) is 9.99. The molecule has 0 spiro atoms. The van der Waals surface area contributed by atoms with Gasteiger partial charge in [-0.3, -0.25) is 0 Å². The SMILES string of the molecule is CNCCn1c2c(c3cc(NC4=CC(Cl)C(Cl)C=C4)ccc31)CCNC2. The monoisotopic (exact) mass is 390 g/mol. The third-order valence-corrected chi connectivity index (χ3v) is 6.05. The summed E-state index contributed by atoms with van der Waals surface area (Å²) in [7, 11) is 2.00. The van der Waals surface area contributed by atoms with Crippen molar-refractivity contribution in [1.29, 1.82) is 0 Å². The average molecular weight is 391 g/mol. The van der Waals surface area contributed by atoms with Gasteiger partial charge in [0, 0.05) is 47.6 Å². The Morgan fingerprint density at radius 1 is 1.27 bits per heavy atom. The Balaban J connectivity index is 1.69. The first-order chi connectivity index (χ1) is 12.7. The number of hydrogen-bond donors (Lipinski definition) is 3. The van der Waals surface area contributed by atoms with Crippen LogP contribution in [0.2, 0.25) is 0 Å². The van der Waals surface area contributed by atoms with Gasteiger partial charge in [-0.25, -0.2) is 0 Å². The summed E-state index contributed by atoms with van der Waals surface area (Å²) < 4.78 is 2.45. The maximum atomic E-state index is 6.25. The first kappa shape index (κ1) is 17.9. The van der Waals surface area contributed by atoms with Crippen molar-refractivity contribution in [2.75, 3.05) is 25.5 Å². The van der Waals surface area contributed by atoms with Gasteiger partial charge in [0.05, 0.1) is 10.8 Å². The third kappa shape index (κ3) is 3.39. The highest BCUT2D eigenvalue weighted by Crippen LogP contribution is 2.31. The fraction of sp³-hybridized carbons (Fsp3) is 0.400. The van der Waals surface area contributed by atoms with Gasteiger partial charge in [0.2, 0.25) is 0 Å². The number of benzene rings is 1. The van der Waals surface area contributed by atoms with Crippen molar-refractivity contribution in [3.05, 3.63) is 53.4 Å². The lowest BCUT2D eigenvalue weighted by Crippen LogP contribution is -2.26. The second-order valence-corrected chi connectivity index (χ2v) is 7.84. The molecule has 138 valence electrons. The molecule has 1 aliphatic heterocycles. The number of alkyl halides is 2. The van der Waals surface area contributed by atoms with Gasteiger partial charge in [-0.15, -0.1) is 23.2 Å². The third-order valence-electron chi connectivity index (χ3n) is 5.11. The van der Waals surface area contributed by atoms with Crippen LogP contribution in [0.1, 0.15) is 11.3 Å². The Hall–Kier alpha value is -1.46. The van der Waals surface area contributed by atoms with Crippen LogP contribution in [-0.4, -0.2) is 35.5 Å². The summed E-state index contributed by atoms with van der Waals surface area (Å²) in [5.74, 6) is 0. The molecular weight excluding hydrogens is 367 g/mol. The predicted molar refractivity (Wildman–Crippen MR) is 111 cm³/mol. The van der Waals surface area contributed by atoms with E-state index in [1.165, 1.54) is 22.2 Å². The van der Waals surface area contributed by atoms with Crippen LogP contribution in [0.15, 0.2) is 42.1 Å². The molecule has 1 aliphatic carbocycles.